The number of hydrogen-bond donors (Lipinski definition) is 0. The Labute approximate surface area is 156 Å². The standard InChI is InChI=1S/C21H31N3O2/c1-8-9-14-26-19-22-17(24(23-19)18(25)21(5,6)7)15-10-12-16(13-11-15)20(2,3)4/h10-13H,8-9,14H2,1-7H3. The van der Waals surface area contributed by atoms with Crippen LogP contribution in [0.2, 0.25) is 0 Å². The summed E-state index contributed by atoms with van der Waals surface area (Å²) in [6, 6.07) is 8.40. The van der Waals surface area contributed by atoms with Crippen molar-refractivity contribution in [3.05, 3.63) is 29.8 Å². The Kier molecular flexibility index (Phi) is 5.89. The van der Waals surface area contributed by atoms with Gasteiger partial charge in [0.25, 0.3) is 5.91 Å². The van der Waals surface area contributed by atoms with Gasteiger partial charge in [0.15, 0.2) is 5.82 Å². The Morgan fingerprint density at radius 3 is 2.19 bits per heavy atom. The zero-order chi connectivity index (χ0) is 19.5. The molecule has 5 nitrogen and oxygen atoms in total. The highest BCUT2D eigenvalue weighted by Gasteiger charge is 2.28. The zero-order valence-corrected chi connectivity index (χ0v) is 17.1. The van der Waals surface area contributed by atoms with Crippen molar-refractivity contribution < 1.29 is 9.53 Å². The number of carbonyl (C=O) groups is 1. The van der Waals surface area contributed by atoms with E-state index in [2.05, 4.69) is 49.9 Å². The smallest absolute Gasteiger partial charge is 0.336 e. The summed E-state index contributed by atoms with van der Waals surface area (Å²) in [6.07, 6.45) is 1.96. The second-order valence-electron chi connectivity index (χ2n) is 8.71. The third kappa shape index (κ3) is 4.71. The minimum absolute atomic E-state index is 0.0713. The van der Waals surface area contributed by atoms with Gasteiger partial charge in [-0.2, -0.15) is 9.67 Å². The van der Waals surface area contributed by atoms with Gasteiger partial charge in [-0.1, -0.05) is 79.2 Å². The molecule has 0 fully saturated rings. The highest BCUT2D eigenvalue weighted by Crippen LogP contribution is 2.28. The van der Waals surface area contributed by atoms with Crippen LogP contribution in [0, 0.1) is 5.41 Å². The van der Waals surface area contributed by atoms with E-state index in [0.29, 0.717) is 12.4 Å². The van der Waals surface area contributed by atoms with Crippen molar-refractivity contribution in [2.24, 2.45) is 5.41 Å². The lowest BCUT2D eigenvalue weighted by molar-refractivity contribution is 0.0748. The summed E-state index contributed by atoms with van der Waals surface area (Å²) in [5.74, 6) is 0.419. The van der Waals surface area contributed by atoms with E-state index in [4.69, 9.17) is 4.74 Å². The van der Waals surface area contributed by atoms with Crippen molar-refractivity contribution in [2.45, 2.75) is 66.7 Å². The molecule has 0 spiro atoms. The van der Waals surface area contributed by atoms with E-state index < -0.39 is 5.41 Å². The van der Waals surface area contributed by atoms with Gasteiger partial charge in [0, 0.05) is 11.0 Å². The lowest BCUT2D eigenvalue weighted by Crippen LogP contribution is -2.28. The van der Waals surface area contributed by atoms with Crippen LogP contribution in [0.25, 0.3) is 11.4 Å². The molecular formula is C21H31N3O2. The molecule has 0 radical (unpaired) electrons. The molecule has 5 heteroatoms. The molecule has 0 aliphatic carbocycles. The van der Waals surface area contributed by atoms with E-state index in [0.717, 1.165) is 18.4 Å². The summed E-state index contributed by atoms with van der Waals surface area (Å²) < 4.78 is 7.02. The van der Waals surface area contributed by atoms with Gasteiger partial charge in [-0.3, -0.25) is 4.79 Å². The SMILES string of the molecule is CCCCOc1nc(-c2ccc(C(C)(C)C)cc2)n(C(=O)C(C)(C)C)n1. The maximum Gasteiger partial charge on any atom is 0.336 e. The molecule has 142 valence electrons. The van der Waals surface area contributed by atoms with Crippen molar-refractivity contribution in [2.75, 3.05) is 6.61 Å². The molecule has 0 aliphatic heterocycles. The Bertz CT molecular complexity index is 747. The Morgan fingerprint density at radius 2 is 1.69 bits per heavy atom. The number of ether oxygens (including phenoxy) is 1. The lowest BCUT2D eigenvalue weighted by Gasteiger charge is -2.19. The molecule has 26 heavy (non-hydrogen) atoms. The number of unbranched alkanes of at least 4 members (excludes halogenated alkanes) is 1. The number of carbonyl (C=O) groups excluding carboxylic acids is 1. The van der Waals surface area contributed by atoms with Gasteiger partial charge in [0.2, 0.25) is 0 Å². The number of nitrogens with zero attached hydrogens (tertiary/aromatic N) is 3. The van der Waals surface area contributed by atoms with E-state index in [1.807, 2.05) is 32.9 Å². The summed E-state index contributed by atoms with van der Waals surface area (Å²) in [6.45, 7) is 14.8. The van der Waals surface area contributed by atoms with Gasteiger partial charge in [-0.25, -0.2) is 0 Å². The molecule has 2 rings (SSSR count). The first kappa shape index (κ1) is 20.1. The topological polar surface area (TPSA) is 57.0 Å². The highest BCUT2D eigenvalue weighted by atomic mass is 16.5. The molecule has 0 N–H and O–H groups in total. The molecule has 1 heterocycles. The summed E-state index contributed by atoms with van der Waals surface area (Å²) in [5, 5.41) is 4.33. The van der Waals surface area contributed by atoms with Crippen molar-refractivity contribution >= 4 is 5.91 Å². The maximum absolute atomic E-state index is 12.8. The monoisotopic (exact) mass is 357 g/mol. The average Bonchev–Trinajstić information content (AvgIpc) is 2.97. The molecule has 0 saturated heterocycles. The van der Waals surface area contributed by atoms with Gasteiger partial charge in [0.1, 0.15) is 0 Å². The van der Waals surface area contributed by atoms with Gasteiger partial charge in [-0.05, 0) is 17.4 Å². The molecular weight excluding hydrogens is 326 g/mol. The molecule has 0 atom stereocenters. The van der Waals surface area contributed by atoms with Crippen LogP contribution >= 0.6 is 0 Å². The first-order chi connectivity index (χ1) is 12.0. The quantitative estimate of drug-likeness (QED) is 0.698. The predicted molar refractivity (Wildman–Crippen MR) is 105 cm³/mol. The lowest BCUT2D eigenvalue weighted by atomic mass is 9.86. The zero-order valence-electron chi connectivity index (χ0n) is 17.1. The fraction of sp³-hybridized carbons (Fsp3) is 0.571. The van der Waals surface area contributed by atoms with E-state index in [1.54, 1.807) is 0 Å². The van der Waals surface area contributed by atoms with Crippen LogP contribution in [0.3, 0.4) is 0 Å². The summed E-state index contributed by atoms with van der Waals surface area (Å²) in [5.41, 5.74) is 1.60. The number of rotatable bonds is 5. The number of benzene rings is 1. The van der Waals surface area contributed by atoms with Gasteiger partial charge >= 0.3 is 6.01 Å². The van der Waals surface area contributed by atoms with Gasteiger partial charge in [-0.15, -0.1) is 5.10 Å². The summed E-state index contributed by atoms with van der Waals surface area (Å²) >= 11 is 0. The Morgan fingerprint density at radius 1 is 1.08 bits per heavy atom. The van der Waals surface area contributed by atoms with Crippen LogP contribution in [-0.4, -0.2) is 27.3 Å². The third-order valence-corrected chi connectivity index (χ3v) is 4.16. The summed E-state index contributed by atoms with van der Waals surface area (Å²) in [4.78, 5) is 17.3. The van der Waals surface area contributed by atoms with E-state index in [1.165, 1.54) is 10.2 Å². The molecule has 0 saturated carbocycles. The van der Waals surface area contributed by atoms with E-state index in [-0.39, 0.29) is 17.3 Å². The number of hydrogen-bond acceptors (Lipinski definition) is 4. The van der Waals surface area contributed by atoms with Crippen molar-refractivity contribution in [3.8, 4) is 17.4 Å². The van der Waals surface area contributed by atoms with Crippen molar-refractivity contribution in [1.82, 2.24) is 14.8 Å². The van der Waals surface area contributed by atoms with Crippen LogP contribution in [0.5, 0.6) is 6.01 Å². The first-order valence-electron chi connectivity index (χ1n) is 9.29. The number of aromatic nitrogens is 3. The van der Waals surface area contributed by atoms with Crippen molar-refractivity contribution in [3.63, 3.8) is 0 Å². The summed E-state index contributed by atoms with van der Waals surface area (Å²) in [7, 11) is 0. The van der Waals surface area contributed by atoms with E-state index in [9.17, 15) is 4.79 Å². The van der Waals surface area contributed by atoms with E-state index >= 15 is 0 Å². The molecule has 2 aromatic rings. The average molecular weight is 357 g/mol. The maximum atomic E-state index is 12.8. The van der Waals surface area contributed by atoms with Gasteiger partial charge in [0.05, 0.1) is 6.61 Å². The van der Waals surface area contributed by atoms with Crippen LogP contribution < -0.4 is 4.74 Å². The highest BCUT2D eigenvalue weighted by molar-refractivity contribution is 5.86. The second kappa shape index (κ2) is 7.60. The molecule has 1 aromatic heterocycles. The Hall–Kier alpha value is -2.17. The second-order valence-corrected chi connectivity index (χ2v) is 8.71. The largest absolute Gasteiger partial charge is 0.462 e. The van der Waals surface area contributed by atoms with Crippen LogP contribution in [0.4, 0.5) is 0 Å². The molecule has 1 aromatic carbocycles. The molecule has 0 bridgehead atoms. The predicted octanol–water partition coefficient (Wildman–Crippen LogP) is 5.11. The minimum atomic E-state index is -0.561. The van der Waals surface area contributed by atoms with Crippen LogP contribution in [0.1, 0.15) is 71.7 Å². The van der Waals surface area contributed by atoms with Crippen LogP contribution in [0.15, 0.2) is 24.3 Å². The molecule has 0 aliphatic rings. The molecule has 0 unspecified atom stereocenters. The van der Waals surface area contributed by atoms with Gasteiger partial charge < -0.3 is 4.74 Å². The third-order valence-electron chi connectivity index (χ3n) is 4.16. The normalized spacial score (nSPS) is 12.3. The van der Waals surface area contributed by atoms with Crippen LogP contribution in [-0.2, 0) is 5.41 Å². The Balaban J connectivity index is 2.43. The van der Waals surface area contributed by atoms with Crippen molar-refractivity contribution in [1.29, 1.82) is 0 Å². The minimum Gasteiger partial charge on any atom is -0.462 e. The first-order valence-corrected chi connectivity index (χ1v) is 9.29. The molecule has 0 amide bonds. The fourth-order valence-electron chi connectivity index (χ4n) is 2.43. The fourth-order valence-corrected chi connectivity index (χ4v) is 2.43.